The number of hydrogen-bond acceptors (Lipinski definition) is 2. The lowest BCUT2D eigenvalue weighted by atomic mass is 10.0. The van der Waals surface area contributed by atoms with Crippen LogP contribution in [-0.2, 0) is 4.79 Å². The summed E-state index contributed by atoms with van der Waals surface area (Å²) in [6.45, 7) is 2.18. The van der Waals surface area contributed by atoms with E-state index in [1.54, 1.807) is 0 Å². The summed E-state index contributed by atoms with van der Waals surface area (Å²) in [5.41, 5.74) is 5.24. The zero-order valence-corrected chi connectivity index (χ0v) is 7.77. The Labute approximate surface area is 78.5 Å². The smallest absolute Gasteiger partial charge is 0.220 e. The van der Waals surface area contributed by atoms with Crippen molar-refractivity contribution >= 4 is 18.3 Å². The van der Waals surface area contributed by atoms with E-state index in [1.165, 1.54) is 0 Å². The highest BCUT2D eigenvalue weighted by Crippen LogP contribution is 2.38. The fourth-order valence-corrected chi connectivity index (χ4v) is 2.40. The standard InChI is InChI=1S/C8H14N2O.ClH/c9-8(11)5-1-6-3-10-4-7(6)2-5;/h5-7,10H,1-4H2,(H2,9,11);1H. The number of hydrogen-bond donors (Lipinski definition) is 2. The maximum atomic E-state index is 10.8. The number of nitrogens with two attached hydrogens (primary N) is 1. The van der Waals surface area contributed by atoms with Gasteiger partial charge < -0.3 is 11.1 Å². The highest BCUT2D eigenvalue weighted by atomic mass is 35.5. The summed E-state index contributed by atoms with van der Waals surface area (Å²) in [6.07, 6.45) is 2.04. The molecule has 0 spiro atoms. The fraction of sp³-hybridized carbons (Fsp3) is 0.875. The third-order valence-corrected chi connectivity index (χ3v) is 3.06. The molecule has 0 radical (unpaired) electrons. The minimum atomic E-state index is -0.0978. The fourth-order valence-electron chi connectivity index (χ4n) is 2.40. The first kappa shape index (κ1) is 9.81. The van der Waals surface area contributed by atoms with E-state index in [0.29, 0.717) is 0 Å². The maximum absolute atomic E-state index is 10.8. The zero-order chi connectivity index (χ0) is 7.84. The molecule has 1 aliphatic heterocycles. The first-order chi connectivity index (χ1) is 5.27. The zero-order valence-electron chi connectivity index (χ0n) is 6.95. The van der Waals surface area contributed by atoms with Gasteiger partial charge in [-0.25, -0.2) is 0 Å². The summed E-state index contributed by atoms with van der Waals surface area (Å²) in [7, 11) is 0. The molecular formula is C8H15ClN2O. The van der Waals surface area contributed by atoms with Gasteiger partial charge in [-0.05, 0) is 37.8 Å². The Hall–Kier alpha value is -0.280. The van der Waals surface area contributed by atoms with Crippen molar-refractivity contribution in [2.45, 2.75) is 12.8 Å². The summed E-state index contributed by atoms with van der Waals surface area (Å²) in [5, 5.41) is 3.33. The first-order valence-electron chi connectivity index (χ1n) is 4.27. The van der Waals surface area contributed by atoms with Crippen LogP contribution < -0.4 is 11.1 Å². The summed E-state index contributed by atoms with van der Waals surface area (Å²) in [4.78, 5) is 10.8. The Bertz CT molecular complexity index is 174. The van der Waals surface area contributed by atoms with E-state index >= 15 is 0 Å². The number of amides is 1. The minimum Gasteiger partial charge on any atom is -0.369 e. The van der Waals surface area contributed by atoms with Crippen LogP contribution in [0.4, 0.5) is 0 Å². The number of fused-ring (bicyclic) bond motifs is 1. The van der Waals surface area contributed by atoms with Crippen LogP contribution in [0.1, 0.15) is 12.8 Å². The van der Waals surface area contributed by atoms with Gasteiger partial charge in [0, 0.05) is 5.92 Å². The molecule has 0 aromatic rings. The van der Waals surface area contributed by atoms with Crippen LogP contribution in [0.25, 0.3) is 0 Å². The van der Waals surface area contributed by atoms with E-state index < -0.39 is 0 Å². The van der Waals surface area contributed by atoms with Crippen LogP contribution in [0, 0.1) is 17.8 Å². The predicted octanol–water partition coefficient (Wildman–Crippen LogP) is 0.139. The number of carbonyl (C=O) groups is 1. The lowest BCUT2D eigenvalue weighted by molar-refractivity contribution is -0.121. The van der Waals surface area contributed by atoms with Crippen molar-refractivity contribution < 1.29 is 4.79 Å². The van der Waals surface area contributed by atoms with Crippen molar-refractivity contribution in [3.63, 3.8) is 0 Å². The van der Waals surface area contributed by atoms with Crippen LogP contribution in [0.5, 0.6) is 0 Å². The van der Waals surface area contributed by atoms with Crippen molar-refractivity contribution in [3.05, 3.63) is 0 Å². The van der Waals surface area contributed by atoms with Gasteiger partial charge in [0.2, 0.25) is 5.91 Å². The molecule has 2 unspecified atom stereocenters. The topological polar surface area (TPSA) is 55.1 Å². The molecule has 2 fully saturated rings. The molecular weight excluding hydrogens is 176 g/mol. The molecule has 1 heterocycles. The predicted molar refractivity (Wildman–Crippen MR) is 49.0 cm³/mol. The molecule has 3 nitrogen and oxygen atoms in total. The SMILES string of the molecule is Cl.NC(=O)C1CC2CNCC2C1. The van der Waals surface area contributed by atoms with Gasteiger partial charge in [0.15, 0.2) is 0 Å². The molecule has 2 aliphatic rings. The molecule has 70 valence electrons. The van der Waals surface area contributed by atoms with Gasteiger partial charge in [0.25, 0.3) is 0 Å². The molecule has 12 heavy (non-hydrogen) atoms. The van der Waals surface area contributed by atoms with Crippen LogP contribution in [0.3, 0.4) is 0 Å². The largest absolute Gasteiger partial charge is 0.369 e. The number of primary amides is 1. The molecule has 1 aliphatic carbocycles. The van der Waals surface area contributed by atoms with Gasteiger partial charge in [-0.2, -0.15) is 0 Å². The van der Waals surface area contributed by atoms with Crippen molar-refractivity contribution in [1.29, 1.82) is 0 Å². The third kappa shape index (κ3) is 1.57. The van der Waals surface area contributed by atoms with Crippen LogP contribution in [-0.4, -0.2) is 19.0 Å². The summed E-state index contributed by atoms with van der Waals surface area (Å²) in [5.74, 6) is 1.53. The van der Waals surface area contributed by atoms with E-state index in [2.05, 4.69) is 5.32 Å². The van der Waals surface area contributed by atoms with Gasteiger partial charge in [0.1, 0.15) is 0 Å². The molecule has 1 saturated heterocycles. The van der Waals surface area contributed by atoms with E-state index in [4.69, 9.17) is 5.73 Å². The van der Waals surface area contributed by atoms with Crippen LogP contribution >= 0.6 is 12.4 Å². The molecule has 0 aromatic carbocycles. The quantitative estimate of drug-likeness (QED) is 0.618. The van der Waals surface area contributed by atoms with Crippen LogP contribution in [0.2, 0.25) is 0 Å². The second kappa shape index (κ2) is 3.62. The molecule has 2 rings (SSSR count). The Balaban J connectivity index is 0.000000720. The third-order valence-electron chi connectivity index (χ3n) is 3.06. The Morgan fingerprint density at radius 2 is 1.75 bits per heavy atom. The van der Waals surface area contributed by atoms with E-state index in [9.17, 15) is 4.79 Å². The Morgan fingerprint density at radius 1 is 1.25 bits per heavy atom. The molecule has 0 aromatic heterocycles. The number of rotatable bonds is 1. The van der Waals surface area contributed by atoms with Gasteiger partial charge >= 0.3 is 0 Å². The lowest BCUT2D eigenvalue weighted by Crippen LogP contribution is -2.23. The molecule has 4 heteroatoms. The second-order valence-electron chi connectivity index (χ2n) is 3.75. The van der Waals surface area contributed by atoms with Gasteiger partial charge in [-0.1, -0.05) is 0 Å². The normalized spacial score (nSPS) is 38.8. The van der Waals surface area contributed by atoms with Gasteiger partial charge in [-0.3, -0.25) is 4.79 Å². The number of carbonyl (C=O) groups excluding carboxylic acids is 1. The van der Waals surface area contributed by atoms with E-state index in [1.807, 2.05) is 0 Å². The average molecular weight is 191 g/mol. The highest BCUT2D eigenvalue weighted by molar-refractivity contribution is 5.85. The Morgan fingerprint density at radius 3 is 2.17 bits per heavy atom. The van der Waals surface area contributed by atoms with E-state index in [-0.39, 0.29) is 24.2 Å². The van der Waals surface area contributed by atoms with E-state index in [0.717, 1.165) is 37.8 Å². The lowest BCUT2D eigenvalue weighted by Gasteiger charge is -2.04. The van der Waals surface area contributed by atoms with Gasteiger partial charge in [0.05, 0.1) is 0 Å². The molecule has 0 bridgehead atoms. The van der Waals surface area contributed by atoms with Crippen molar-refractivity contribution in [1.82, 2.24) is 5.32 Å². The monoisotopic (exact) mass is 190 g/mol. The van der Waals surface area contributed by atoms with Crippen molar-refractivity contribution in [2.24, 2.45) is 23.5 Å². The summed E-state index contributed by atoms with van der Waals surface area (Å²) < 4.78 is 0. The summed E-state index contributed by atoms with van der Waals surface area (Å²) >= 11 is 0. The molecule has 1 amide bonds. The average Bonchev–Trinajstić information content (AvgIpc) is 2.40. The first-order valence-corrected chi connectivity index (χ1v) is 4.27. The molecule has 1 saturated carbocycles. The number of halogens is 1. The van der Waals surface area contributed by atoms with Crippen molar-refractivity contribution in [3.8, 4) is 0 Å². The minimum absolute atomic E-state index is 0. The van der Waals surface area contributed by atoms with Crippen LogP contribution in [0.15, 0.2) is 0 Å². The Kier molecular flexibility index (Phi) is 2.96. The summed E-state index contributed by atoms with van der Waals surface area (Å²) in [6, 6.07) is 0. The number of nitrogens with one attached hydrogen (secondary N) is 1. The second-order valence-corrected chi connectivity index (χ2v) is 3.75. The molecule has 3 N–H and O–H groups in total. The highest BCUT2D eigenvalue weighted by Gasteiger charge is 2.39. The molecule has 2 atom stereocenters. The van der Waals surface area contributed by atoms with Crippen molar-refractivity contribution in [2.75, 3.05) is 13.1 Å². The van der Waals surface area contributed by atoms with Gasteiger partial charge in [-0.15, -0.1) is 12.4 Å². The maximum Gasteiger partial charge on any atom is 0.220 e.